The molecule has 1 aliphatic heterocycles. The fraction of sp³-hybridized carbons (Fsp3) is 0.692. The number of sulfonamides is 1. The molecule has 0 aromatic carbocycles. The highest BCUT2D eigenvalue weighted by Crippen LogP contribution is 2.30. The monoisotopic (exact) mass is 317 g/mol. The number of hydrogen-bond donors (Lipinski definition) is 1. The van der Waals surface area contributed by atoms with E-state index in [-0.39, 0.29) is 6.04 Å². The summed E-state index contributed by atoms with van der Waals surface area (Å²) in [5, 5.41) is 3.05. The Morgan fingerprint density at radius 3 is 2.85 bits per heavy atom. The second-order valence-electron chi connectivity index (χ2n) is 5.43. The maximum absolute atomic E-state index is 12.7. The summed E-state index contributed by atoms with van der Waals surface area (Å²) in [6, 6.07) is 3.73. The van der Waals surface area contributed by atoms with Gasteiger partial charge >= 0.3 is 0 Å². The van der Waals surface area contributed by atoms with Gasteiger partial charge in [-0.15, -0.1) is 11.3 Å². The van der Waals surface area contributed by atoms with Crippen LogP contribution in [0.1, 0.15) is 17.7 Å². The number of nitrogens with zero attached hydrogens (tertiary/aromatic N) is 2. The quantitative estimate of drug-likeness (QED) is 0.856. The van der Waals surface area contributed by atoms with Gasteiger partial charge in [0.25, 0.3) is 10.0 Å². The maximum Gasteiger partial charge on any atom is 0.252 e. The molecule has 0 saturated carbocycles. The van der Waals surface area contributed by atoms with Crippen molar-refractivity contribution in [3.05, 3.63) is 17.0 Å². The van der Waals surface area contributed by atoms with Crippen LogP contribution in [0, 0.1) is 0 Å². The van der Waals surface area contributed by atoms with Gasteiger partial charge in [0, 0.05) is 30.6 Å². The Balaban J connectivity index is 2.19. The lowest BCUT2D eigenvalue weighted by atomic mass is 10.2. The van der Waals surface area contributed by atoms with Gasteiger partial charge in [-0.05, 0) is 46.1 Å². The lowest BCUT2D eigenvalue weighted by Gasteiger charge is -2.25. The number of likely N-dealkylation sites (N-methyl/N-ethyl adjacent to an activating group) is 1. The Morgan fingerprint density at radius 2 is 2.20 bits per heavy atom. The highest BCUT2D eigenvalue weighted by Gasteiger charge is 2.36. The molecule has 0 amide bonds. The molecule has 0 spiro atoms. The third-order valence-corrected chi connectivity index (χ3v) is 6.95. The highest BCUT2D eigenvalue weighted by molar-refractivity contribution is 7.91. The minimum absolute atomic E-state index is 0.102. The molecule has 1 unspecified atom stereocenters. The minimum Gasteiger partial charge on any atom is -0.315 e. The first-order chi connectivity index (χ1) is 9.45. The molecule has 1 aromatic heterocycles. The first-order valence-electron chi connectivity index (χ1n) is 6.85. The smallest absolute Gasteiger partial charge is 0.252 e. The summed E-state index contributed by atoms with van der Waals surface area (Å²) in [5.41, 5.74) is 0. The summed E-state index contributed by atoms with van der Waals surface area (Å²) in [4.78, 5) is 3.11. The van der Waals surface area contributed by atoms with E-state index in [0.29, 0.717) is 17.3 Å². The summed E-state index contributed by atoms with van der Waals surface area (Å²) >= 11 is 1.37. The highest BCUT2D eigenvalue weighted by atomic mass is 32.2. The van der Waals surface area contributed by atoms with Gasteiger partial charge in [0.1, 0.15) is 4.21 Å². The van der Waals surface area contributed by atoms with Crippen molar-refractivity contribution >= 4 is 21.4 Å². The average molecular weight is 317 g/mol. The third-order valence-electron chi connectivity index (χ3n) is 3.45. The second kappa shape index (κ2) is 6.53. The largest absolute Gasteiger partial charge is 0.315 e. The minimum atomic E-state index is -3.33. The molecule has 2 heterocycles. The SMILES string of the molecule is CNCc1ccc(S(=O)(=O)N2CCCC2CN(C)C)s1. The van der Waals surface area contributed by atoms with E-state index in [2.05, 4.69) is 10.2 Å². The number of rotatable bonds is 6. The van der Waals surface area contributed by atoms with Crippen molar-refractivity contribution in [1.29, 1.82) is 0 Å². The maximum atomic E-state index is 12.7. The number of hydrogen-bond acceptors (Lipinski definition) is 5. The van der Waals surface area contributed by atoms with Gasteiger partial charge in [-0.2, -0.15) is 4.31 Å². The molecule has 7 heteroatoms. The lowest BCUT2D eigenvalue weighted by molar-refractivity contribution is 0.291. The van der Waals surface area contributed by atoms with Gasteiger partial charge < -0.3 is 10.2 Å². The van der Waals surface area contributed by atoms with Gasteiger partial charge in [-0.1, -0.05) is 0 Å². The van der Waals surface area contributed by atoms with Gasteiger partial charge in [0.2, 0.25) is 0 Å². The van der Waals surface area contributed by atoms with Gasteiger partial charge in [-0.3, -0.25) is 0 Å². The van der Waals surface area contributed by atoms with Crippen molar-refractivity contribution in [2.24, 2.45) is 0 Å². The predicted molar refractivity (Wildman–Crippen MR) is 82.6 cm³/mol. The summed E-state index contributed by atoms with van der Waals surface area (Å²) in [7, 11) is 2.50. The molecule has 1 N–H and O–H groups in total. The van der Waals surface area contributed by atoms with Gasteiger partial charge in [-0.25, -0.2) is 8.42 Å². The molecule has 1 atom stereocenters. The van der Waals surface area contributed by atoms with E-state index in [1.807, 2.05) is 27.2 Å². The van der Waals surface area contributed by atoms with Gasteiger partial charge in [0.05, 0.1) is 0 Å². The topological polar surface area (TPSA) is 52.7 Å². The average Bonchev–Trinajstić information content (AvgIpc) is 2.98. The molecule has 5 nitrogen and oxygen atoms in total. The van der Waals surface area contributed by atoms with Crippen molar-refractivity contribution in [3.63, 3.8) is 0 Å². The van der Waals surface area contributed by atoms with E-state index < -0.39 is 10.0 Å². The van der Waals surface area contributed by atoms with Gasteiger partial charge in [0.15, 0.2) is 0 Å². The van der Waals surface area contributed by atoms with E-state index in [9.17, 15) is 8.42 Å². The molecule has 0 bridgehead atoms. The third kappa shape index (κ3) is 3.40. The van der Waals surface area contributed by atoms with Crippen LogP contribution in [0.2, 0.25) is 0 Å². The first-order valence-corrected chi connectivity index (χ1v) is 9.10. The van der Waals surface area contributed by atoms with Crippen LogP contribution in [0.15, 0.2) is 16.3 Å². The molecular formula is C13H23N3O2S2. The van der Waals surface area contributed by atoms with E-state index in [1.165, 1.54) is 11.3 Å². The zero-order valence-corrected chi connectivity index (χ0v) is 13.9. The van der Waals surface area contributed by atoms with Crippen LogP contribution >= 0.6 is 11.3 Å². The van der Waals surface area contributed by atoms with Crippen LogP contribution in [0.3, 0.4) is 0 Å². The molecule has 2 rings (SSSR count). The van der Waals surface area contributed by atoms with Crippen LogP contribution in [0.25, 0.3) is 0 Å². The molecule has 1 aliphatic rings. The molecule has 1 fully saturated rings. The molecule has 1 aromatic rings. The zero-order valence-electron chi connectivity index (χ0n) is 12.3. The van der Waals surface area contributed by atoms with Crippen molar-refractivity contribution < 1.29 is 8.42 Å². The van der Waals surface area contributed by atoms with E-state index in [0.717, 1.165) is 24.3 Å². The van der Waals surface area contributed by atoms with Crippen molar-refractivity contribution in [3.8, 4) is 0 Å². The fourth-order valence-electron chi connectivity index (χ4n) is 2.61. The van der Waals surface area contributed by atoms with Crippen LogP contribution in [-0.2, 0) is 16.6 Å². The molecule has 0 aliphatic carbocycles. The fourth-order valence-corrected chi connectivity index (χ4v) is 5.79. The first kappa shape index (κ1) is 15.9. The Labute approximate surface area is 125 Å². The molecule has 114 valence electrons. The van der Waals surface area contributed by atoms with Crippen molar-refractivity contribution in [2.75, 3.05) is 34.2 Å². The summed E-state index contributed by atoms with van der Waals surface area (Å²) in [6.45, 7) is 2.13. The van der Waals surface area contributed by atoms with Crippen LogP contribution in [0.4, 0.5) is 0 Å². The molecule has 0 radical (unpaired) electrons. The normalized spacial score (nSPS) is 20.9. The second-order valence-corrected chi connectivity index (χ2v) is 8.71. The summed E-state index contributed by atoms with van der Waals surface area (Å²) < 4.78 is 27.6. The summed E-state index contributed by atoms with van der Waals surface area (Å²) in [6.07, 6.45) is 1.90. The number of nitrogens with one attached hydrogen (secondary N) is 1. The van der Waals surface area contributed by atoms with Crippen molar-refractivity contribution in [1.82, 2.24) is 14.5 Å². The molecular weight excluding hydrogens is 294 g/mol. The molecule has 1 saturated heterocycles. The van der Waals surface area contributed by atoms with Crippen LogP contribution in [-0.4, -0.2) is 57.9 Å². The Bertz CT molecular complexity index is 540. The van der Waals surface area contributed by atoms with Crippen LogP contribution in [0.5, 0.6) is 0 Å². The lowest BCUT2D eigenvalue weighted by Crippen LogP contribution is -2.40. The Kier molecular flexibility index (Phi) is 5.19. The van der Waals surface area contributed by atoms with E-state index in [1.54, 1.807) is 10.4 Å². The molecule has 20 heavy (non-hydrogen) atoms. The van der Waals surface area contributed by atoms with E-state index in [4.69, 9.17) is 0 Å². The van der Waals surface area contributed by atoms with Crippen LogP contribution < -0.4 is 5.32 Å². The standard InChI is InChI=1S/C13H23N3O2S2/c1-14-9-12-6-7-13(19-12)20(17,18)16-8-4-5-11(16)10-15(2)3/h6-7,11,14H,4-5,8-10H2,1-3H3. The van der Waals surface area contributed by atoms with Crippen molar-refractivity contribution in [2.45, 2.75) is 29.6 Å². The predicted octanol–water partition coefficient (Wildman–Crippen LogP) is 1.18. The zero-order chi connectivity index (χ0) is 14.8. The Morgan fingerprint density at radius 1 is 1.45 bits per heavy atom. The Hall–Kier alpha value is -0.470. The summed E-state index contributed by atoms with van der Waals surface area (Å²) in [5.74, 6) is 0. The van der Waals surface area contributed by atoms with E-state index >= 15 is 0 Å². The number of thiophene rings is 1.